The van der Waals surface area contributed by atoms with E-state index >= 15 is 0 Å². The van der Waals surface area contributed by atoms with Gasteiger partial charge in [-0.05, 0) is 12.0 Å². The molecule has 2 unspecified atom stereocenters. The summed E-state index contributed by atoms with van der Waals surface area (Å²) in [5, 5.41) is 10.0. The molecule has 0 aliphatic heterocycles. The van der Waals surface area contributed by atoms with Crippen molar-refractivity contribution in [3.63, 3.8) is 0 Å². The van der Waals surface area contributed by atoms with Gasteiger partial charge in [-0.2, -0.15) is 0 Å². The van der Waals surface area contributed by atoms with Crippen molar-refractivity contribution >= 4 is 5.97 Å². The van der Waals surface area contributed by atoms with E-state index in [9.17, 15) is 9.90 Å². The van der Waals surface area contributed by atoms with Crippen molar-refractivity contribution in [2.45, 2.75) is 24.9 Å². The standard InChI is InChI=1S/C16H18N2O3/c1-3-14(21-2)16(15(19)20,12-7-5-4-6-8-12)13-9-17-11-18-10-13/h4-11,14H,3H2,1-2H3,(H,19,20). The van der Waals surface area contributed by atoms with E-state index in [0.29, 0.717) is 17.5 Å². The normalized spacial score (nSPS) is 15.1. The average Bonchev–Trinajstić information content (AvgIpc) is 2.53. The molecule has 110 valence electrons. The summed E-state index contributed by atoms with van der Waals surface area (Å²) in [5.41, 5.74) is -0.162. The second-order valence-electron chi connectivity index (χ2n) is 4.74. The Labute approximate surface area is 123 Å². The van der Waals surface area contributed by atoms with E-state index in [1.54, 1.807) is 12.1 Å². The molecule has 1 aromatic heterocycles. The summed E-state index contributed by atoms with van der Waals surface area (Å²) in [6.45, 7) is 1.90. The van der Waals surface area contributed by atoms with Crippen LogP contribution in [0.2, 0.25) is 0 Å². The quantitative estimate of drug-likeness (QED) is 0.882. The summed E-state index contributed by atoms with van der Waals surface area (Å²) in [5.74, 6) is -0.975. The molecule has 0 amide bonds. The van der Waals surface area contributed by atoms with Gasteiger partial charge in [-0.25, -0.2) is 9.97 Å². The van der Waals surface area contributed by atoms with Crippen molar-refractivity contribution < 1.29 is 14.6 Å². The van der Waals surface area contributed by atoms with Gasteiger partial charge in [0.2, 0.25) is 0 Å². The Morgan fingerprint density at radius 1 is 1.24 bits per heavy atom. The zero-order chi connectivity index (χ0) is 15.3. The summed E-state index contributed by atoms with van der Waals surface area (Å²) in [6, 6.07) is 9.08. The number of nitrogens with zero attached hydrogens (tertiary/aromatic N) is 2. The molecule has 0 bridgehead atoms. The largest absolute Gasteiger partial charge is 0.480 e. The molecule has 0 fully saturated rings. The Hall–Kier alpha value is -2.27. The minimum Gasteiger partial charge on any atom is -0.480 e. The summed E-state index contributed by atoms with van der Waals surface area (Å²) in [6.07, 6.45) is 4.48. The lowest BCUT2D eigenvalue weighted by Crippen LogP contribution is -2.48. The van der Waals surface area contributed by atoms with Crippen LogP contribution in [0.5, 0.6) is 0 Å². The predicted molar refractivity (Wildman–Crippen MR) is 78.0 cm³/mol. The number of hydrogen-bond acceptors (Lipinski definition) is 4. The van der Waals surface area contributed by atoms with E-state index in [-0.39, 0.29) is 0 Å². The Balaban J connectivity index is 2.75. The fraction of sp³-hybridized carbons (Fsp3) is 0.312. The third-order valence-corrected chi connectivity index (χ3v) is 3.72. The van der Waals surface area contributed by atoms with Gasteiger partial charge in [0.05, 0.1) is 6.10 Å². The first-order valence-corrected chi connectivity index (χ1v) is 6.75. The lowest BCUT2D eigenvalue weighted by molar-refractivity contribution is -0.147. The third kappa shape index (κ3) is 2.52. The zero-order valence-corrected chi connectivity index (χ0v) is 12.1. The Kier molecular flexibility index (Phi) is 4.65. The first-order chi connectivity index (χ1) is 10.2. The van der Waals surface area contributed by atoms with Crippen molar-refractivity contribution in [1.29, 1.82) is 0 Å². The number of aromatic nitrogens is 2. The van der Waals surface area contributed by atoms with Crippen LogP contribution >= 0.6 is 0 Å². The van der Waals surface area contributed by atoms with E-state index in [4.69, 9.17) is 4.74 Å². The number of rotatable bonds is 6. The maximum atomic E-state index is 12.2. The van der Waals surface area contributed by atoms with Gasteiger partial charge in [-0.15, -0.1) is 0 Å². The molecular weight excluding hydrogens is 268 g/mol. The van der Waals surface area contributed by atoms with Crippen LogP contribution in [0.3, 0.4) is 0 Å². The number of carboxylic acid groups (broad SMARTS) is 1. The number of aliphatic carboxylic acids is 1. The molecule has 5 nitrogen and oxygen atoms in total. The molecule has 2 aromatic rings. The van der Waals surface area contributed by atoms with E-state index in [0.717, 1.165) is 0 Å². The Bertz CT molecular complexity index is 543. The lowest BCUT2D eigenvalue weighted by atomic mass is 9.70. The van der Waals surface area contributed by atoms with Crippen molar-refractivity contribution in [1.82, 2.24) is 9.97 Å². The molecule has 0 aliphatic carbocycles. The molecule has 21 heavy (non-hydrogen) atoms. The highest BCUT2D eigenvalue weighted by molar-refractivity contribution is 5.87. The van der Waals surface area contributed by atoms with E-state index in [1.165, 1.54) is 25.8 Å². The minimum atomic E-state index is -1.33. The molecule has 0 spiro atoms. The third-order valence-electron chi connectivity index (χ3n) is 3.72. The first-order valence-electron chi connectivity index (χ1n) is 6.75. The summed E-state index contributed by atoms with van der Waals surface area (Å²) < 4.78 is 5.50. The van der Waals surface area contributed by atoms with Gasteiger partial charge in [0, 0.05) is 25.1 Å². The molecule has 0 radical (unpaired) electrons. The summed E-state index contributed by atoms with van der Waals surface area (Å²) >= 11 is 0. The molecule has 1 aromatic carbocycles. The van der Waals surface area contributed by atoms with Crippen LogP contribution in [0.25, 0.3) is 0 Å². The second kappa shape index (κ2) is 6.45. The number of ether oxygens (including phenoxy) is 1. The van der Waals surface area contributed by atoms with Crippen LogP contribution in [0.15, 0.2) is 49.1 Å². The summed E-state index contributed by atoms with van der Waals surface area (Å²) in [4.78, 5) is 20.2. The van der Waals surface area contributed by atoms with E-state index in [2.05, 4.69) is 9.97 Å². The maximum Gasteiger partial charge on any atom is 0.321 e. The SMILES string of the molecule is CCC(OC)C(C(=O)O)(c1ccccc1)c1cncnc1. The van der Waals surface area contributed by atoms with Crippen molar-refractivity contribution in [2.24, 2.45) is 0 Å². The van der Waals surface area contributed by atoms with Gasteiger partial charge in [-0.1, -0.05) is 37.3 Å². The van der Waals surface area contributed by atoms with Crippen LogP contribution in [0.1, 0.15) is 24.5 Å². The second-order valence-corrected chi connectivity index (χ2v) is 4.74. The van der Waals surface area contributed by atoms with Gasteiger partial charge >= 0.3 is 5.97 Å². The van der Waals surface area contributed by atoms with E-state index in [1.807, 2.05) is 25.1 Å². The van der Waals surface area contributed by atoms with Crippen LogP contribution in [-0.2, 0) is 14.9 Å². The maximum absolute atomic E-state index is 12.2. The molecule has 1 N–H and O–H groups in total. The van der Waals surface area contributed by atoms with Gasteiger partial charge in [-0.3, -0.25) is 4.79 Å². The molecule has 1 heterocycles. The number of hydrogen-bond donors (Lipinski definition) is 1. The monoisotopic (exact) mass is 286 g/mol. The minimum absolute atomic E-state index is 0.511. The molecule has 2 rings (SSSR count). The van der Waals surface area contributed by atoms with Crippen molar-refractivity contribution in [2.75, 3.05) is 7.11 Å². The van der Waals surface area contributed by atoms with Gasteiger partial charge < -0.3 is 9.84 Å². The molecule has 2 atom stereocenters. The summed E-state index contributed by atoms with van der Waals surface area (Å²) in [7, 11) is 1.53. The fourth-order valence-corrected chi connectivity index (χ4v) is 2.78. The highest BCUT2D eigenvalue weighted by Crippen LogP contribution is 2.38. The highest BCUT2D eigenvalue weighted by atomic mass is 16.5. The number of carbonyl (C=O) groups is 1. The topological polar surface area (TPSA) is 72.3 Å². The van der Waals surface area contributed by atoms with Crippen LogP contribution in [-0.4, -0.2) is 34.3 Å². The fourth-order valence-electron chi connectivity index (χ4n) is 2.78. The lowest BCUT2D eigenvalue weighted by Gasteiger charge is -2.36. The van der Waals surface area contributed by atoms with Crippen LogP contribution in [0, 0.1) is 0 Å². The molecule has 5 heteroatoms. The predicted octanol–water partition coefficient (Wildman–Crippen LogP) is 2.27. The van der Waals surface area contributed by atoms with Crippen LogP contribution < -0.4 is 0 Å². The van der Waals surface area contributed by atoms with Crippen LogP contribution in [0.4, 0.5) is 0 Å². The number of methoxy groups -OCH3 is 1. The molecule has 0 saturated heterocycles. The Morgan fingerprint density at radius 2 is 1.86 bits per heavy atom. The first kappa shape index (κ1) is 15.1. The number of benzene rings is 1. The van der Waals surface area contributed by atoms with Gasteiger partial charge in [0.15, 0.2) is 0 Å². The smallest absolute Gasteiger partial charge is 0.321 e. The highest BCUT2D eigenvalue weighted by Gasteiger charge is 2.49. The van der Waals surface area contributed by atoms with Crippen molar-refractivity contribution in [3.05, 3.63) is 60.2 Å². The van der Waals surface area contributed by atoms with Gasteiger partial charge in [0.25, 0.3) is 0 Å². The average molecular weight is 286 g/mol. The molecule has 0 saturated carbocycles. The van der Waals surface area contributed by atoms with Crippen molar-refractivity contribution in [3.8, 4) is 0 Å². The number of carboxylic acids is 1. The molecule has 0 aliphatic rings. The molecular formula is C16H18N2O3. The Morgan fingerprint density at radius 3 is 2.33 bits per heavy atom. The van der Waals surface area contributed by atoms with Gasteiger partial charge in [0.1, 0.15) is 11.7 Å². The zero-order valence-electron chi connectivity index (χ0n) is 12.1. The van der Waals surface area contributed by atoms with E-state index < -0.39 is 17.5 Å².